The van der Waals surface area contributed by atoms with E-state index in [0.717, 1.165) is 27.9 Å². The van der Waals surface area contributed by atoms with Gasteiger partial charge >= 0.3 is 0 Å². The van der Waals surface area contributed by atoms with Crippen LogP contribution >= 0.6 is 11.3 Å². The highest BCUT2D eigenvalue weighted by Gasteiger charge is 2.05. The van der Waals surface area contributed by atoms with Gasteiger partial charge in [-0.05, 0) is 6.92 Å². The molecule has 3 aromatic rings. The van der Waals surface area contributed by atoms with E-state index in [-0.39, 0.29) is 0 Å². The van der Waals surface area contributed by atoms with E-state index in [9.17, 15) is 0 Å². The summed E-state index contributed by atoms with van der Waals surface area (Å²) in [4.78, 5) is 12.8. The summed E-state index contributed by atoms with van der Waals surface area (Å²) >= 11 is 1.56. The second-order valence-corrected chi connectivity index (χ2v) is 4.93. The first-order valence-electron chi connectivity index (χ1n) is 5.88. The van der Waals surface area contributed by atoms with Gasteiger partial charge in [0.05, 0.1) is 5.69 Å². The van der Waals surface area contributed by atoms with Gasteiger partial charge in [0.25, 0.3) is 0 Å². The van der Waals surface area contributed by atoms with E-state index >= 15 is 0 Å². The van der Waals surface area contributed by atoms with Crippen molar-refractivity contribution in [3.05, 3.63) is 53.8 Å². The first-order valence-corrected chi connectivity index (χ1v) is 6.76. The minimum atomic E-state index is 0.765. The van der Waals surface area contributed by atoms with Gasteiger partial charge in [0.1, 0.15) is 12.1 Å². The van der Waals surface area contributed by atoms with Crippen LogP contribution in [0.5, 0.6) is 0 Å². The minimum absolute atomic E-state index is 0.765. The molecule has 2 aromatic heterocycles. The van der Waals surface area contributed by atoms with Gasteiger partial charge in [0.2, 0.25) is 0 Å². The smallest absolute Gasteiger partial charge is 0.188 e. The predicted molar refractivity (Wildman–Crippen MR) is 77.6 cm³/mol. The van der Waals surface area contributed by atoms with Gasteiger partial charge in [-0.25, -0.2) is 15.0 Å². The normalized spacial score (nSPS) is 10.4. The van der Waals surface area contributed by atoms with Crippen molar-refractivity contribution in [2.75, 3.05) is 5.32 Å². The highest BCUT2D eigenvalue weighted by Crippen LogP contribution is 2.26. The number of nitrogens with zero attached hydrogens (tertiary/aromatic N) is 3. The minimum Gasteiger partial charge on any atom is -0.316 e. The number of nitrogens with one attached hydrogen (secondary N) is 1. The van der Waals surface area contributed by atoms with Crippen LogP contribution in [0.4, 0.5) is 10.9 Å². The maximum absolute atomic E-state index is 4.55. The summed E-state index contributed by atoms with van der Waals surface area (Å²) in [6, 6.07) is 12.0. The van der Waals surface area contributed by atoms with Crippen LogP contribution in [-0.4, -0.2) is 15.0 Å². The molecule has 0 aliphatic carbocycles. The Balaban J connectivity index is 1.82. The Kier molecular flexibility index (Phi) is 3.20. The molecule has 0 unspecified atom stereocenters. The van der Waals surface area contributed by atoms with Gasteiger partial charge in [0.15, 0.2) is 5.13 Å². The summed E-state index contributed by atoms with van der Waals surface area (Å²) in [5.41, 5.74) is 3.02. The van der Waals surface area contributed by atoms with Crippen molar-refractivity contribution in [1.82, 2.24) is 15.0 Å². The molecule has 0 atom stereocenters. The SMILES string of the molecule is Cc1cc(Nc2nc(-c3ccccc3)cs2)ncn1. The lowest BCUT2D eigenvalue weighted by Gasteiger charge is -2.01. The van der Waals surface area contributed by atoms with Crippen LogP contribution in [0.3, 0.4) is 0 Å². The van der Waals surface area contributed by atoms with Crippen LogP contribution < -0.4 is 5.32 Å². The Morgan fingerprint density at radius 2 is 1.95 bits per heavy atom. The molecule has 1 aromatic carbocycles. The van der Waals surface area contributed by atoms with Crippen molar-refractivity contribution in [3.8, 4) is 11.3 Å². The number of aryl methyl sites for hydroxylation is 1. The van der Waals surface area contributed by atoms with E-state index in [0.29, 0.717) is 0 Å². The Labute approximate surface area is 115 Å². The number of thiazole rings is 1. The van der Waals surface area contributed by atoms with Crippen molar-refractivity contribution < 1.29 is 0 Å². The largest absolute Gasteiger partial charge is 0.316 e. The molecule has 3 rings (SSSR count). The standard InChI is InChI=1S/C14H12N4S/c1-10-7-13(16-9-15-10)18-14-17-12(8-19-14)11-5-3-2-4-6-11/h2-9H,1H3,(H,15,16,17,18). The molecule has 0 fully saturated rings. The average Bonchev–Trinajstić information content (AvgIpc) is 2.88. The third-order valence-electron chi connectivity index (χ3n) is 2.61. The Hall–Kier alpha value is -2.27. The van der Waals surface area contributed by atoms with E-state index in [4.69, 9.17) is 0 Å². The Morgan fingerprint density at radius 1 is 1.11 bits per heavy atom. The molecule has 0 spiro atoms. The molecule has 0 saturated carbocycles. The summed E-state index contributed by atoms with van der Waals surface area (Å²) in [5.74, 6) is 0.765. The Bertz CT molecular complexity index is 679. The fourth-order valence-electron chi connectivity index (χ4n) is 1.71. The van der Waals surface area contributed by atoms with Crippen LogP contribution in [0, 0.1) is 6.92 Å². The molecular weight excluding hydrogens is 256 g/mol. The number of aromatic nitrogens is 3. The van der Waals surface area contributed by atoms with E-state index in [1.807, 2.05) is 48.7 Å². The predicted octanol–water partition coefficient (Wildman–Crippen LogP) is 3.65. The molecule has 2 heterocycles. The lowest BCUT2D eigenvalue weighted by Crippen LogP contribution is -1.94. The number of rotatable bonds is 3. The van der Waals surface area contributed by atoms with Crippen molar-refractivity contribution in [3.63, 3.8) is 0 Å². The third kappa shape index (κ3) is 2.77. The summed E-state index contributed by atoms with van der Waals surface area (Å²) in [6.45, 7) is 1.93. The molecular formula is C14H12N4S. The average molecular weight is 268 g/mol. The maximum Gasteiger partial charge on any atom is 0.188 e. The van der Waals surface area contributed by atoms with Crippen LogP contribution in [-0.2, 0) is 0 Å². The van der Waals surface area contributed by atoms with Crippen LogP contribution in [0.25, 0.3) is 11.3 Å². The monoisotopic (exact) mass is 268 g/mol. The van der Waals surface area contributed by atoms with E-state index < -0.39 is 0 Å². The zero-order valence-corrected chi connectivity index (χ0v) is 11.2. The summed E-state index contributed by atoms with van der Waals surface area (Å²) in [6.07, 6.45) is 1.55. The second-order valence-electron chi connectivity index (χ2n) is 4.07. The number of hydrogen-bond acceptors (Lipinski definition) is 5. The molecule has 94 valence electrons. The quantitative estimate of drug-likeness (QED) is 0.787. The summed E-state index contributed by atoms with van der Waals surface area (Å²) < 4.78 is 0. The van der Waals surface area contributed by atoms with Gasteiger partial charge < -0.3 is 5.32 Å². The molecule has 0 saturated heterocycles. The van der Waals surface area contributed by atoms with E-state index in [2.05, 4.69) is 20.3 Å². The first kappa shape index (κ1) is 11.8. The molecule has 0 aliphatic heterocycles. The fourth-order valence-corrected chi connectivity index (χ4v) is 2.43. The first-order chi connectivity index (χ1) is 9.31. The lowest BCUT2D eigenvalue weighted by atomic mass is 10.2. The highest BCUT2D eigenvalue weighted by atomic mass is 32.1. The van der Waals surface area contributed by atoms with Gasteiger partial charge in [-0.1, -0.05) is 30.3 Å². The maximum atomic E-state index is 4.55. The zero-order valence-electron chi connectivity index (χ0n) is 10.4. The zero-order chi connectivity index (χ0) is 13.1. The molecule has 0 radical (unpaired) electrons. The Morgan fingerprint density at radius 3 is 2.74 bits per heavy atom. The summed E-state index contributed by atoms with van der Waals surface area (Å²) in [5, 5.41) is 6.06. The number of anilines is 2. The molecule has 4 nitrogen and oxygen atoms in total. The molecule has 0 amide bonds. The second kappa shape index (κ2) is 5.16. The highest BCUT2D eigenvalue weighted by molar-refractivity contribution is 7.14. The third-order valence-corrected chi connectivity index (χ3v) is 3.37. The molecule has 5 heteroatoms. The fraction of sp³-hybridized carbons (Fsp3) is 0.0714. The van der Waals surface area contributed by atoms with Gasteiger partial charge in [-0.3, -0.25) is 0 Å². The van der Waals surface area contributed by atoms with Crippen LogP contribution in [0.2, 0.25) is 0 Å². The van der Waals surface area contributed by atoms with E-state index in [1.165, 1.54) is 0 Å². The summed E-state index contributed by atoms with van der Waals surface area (Å²) in [7, 11) is 0. The van der Waals surface area contributed by atoms with Gasteiger partial charge in [-0.15, -0.1) is 11.3 Å². The van der Waals surface area contributed by atoms with Crippen LogP contribution in [0.15, 0.2) is 48.1 Å². The number of hydrogen-bond donors (Lipinski definition) is 1. The molecule has 1 N–H and O–H groups in total. The van der Waals surface area contributed by atoms with Crippen LogP contribution in [0.1, 0.15) is 5.69 Å². The van der Waals surface area contributed by atoms with Crippen molar-refractivity contribution >= 4 is 22.3 Å². The van der Waals surface area contributed by atoms with Crippen molar-refractivity contribution in [2.45, 2.75) is 6.92 Å². The van der Waals surface area contributed by atoms with E-state index in [1.54, 1.807) is 17.7 Å². The van der Waals surface area contributed by atoms with Gasteiger partial charge in [0, 0.05) is 22.7 Å². The number of benzene rings is 1. The molecule has 19 heavy (non-hydrogen) atoms. The van der Waals surface area contributed by atoms with Crippen molar-refractivity contribution in [1.29, 1.82) is 0 Å². The molecule has 0 aliphatic rings. The molecule has 0 bridgehead atoms. The topological polar surface area (TPSA) is 50.7 Å². The van der Waals surface area contributed by atoms with Crippen molar-refractivity contribution in [2.24, 2.45) is 0 Å². The lowest BCUT2D eigenvalue weighted by molar-refractivity contribution is 1.10. The van der Waals surface area contributed by atoms with Gasteiger partial charge in [-0.2, -0.15) is 0 Å².